The lowest BCUT2D eigenvalue weighted by molar-refractivity contribution is 0.0161. The van der Waals surface area contributed by atoms with Gasteiger partial charge >= 0.3 is 0 Å². The number of anilines is 2. The summed E-state index contributed by atoms with van der Waals surface area (Å²) < 4.78 is 8.69. The number of hydrazine groups is 3. The van der Waals surface area contributed by atoms with E-state index < -0.39 is 0 Å². The van der Waals surface area contributed by atoms with Crippen molar-refractivity contribution >= 4 is 33.2 Å². The van der Waals surface area contributed by atoms with Gasteiger partial charge in [0, 0.05) is 28.4 Å². The Morgan fingerprint density at radius 1 is 0.735 bits per heavy atom. The lowest BCUT2D eigenvalue weighted by Crippen LogP contribution is -2.45. The van der Waals surface area contributed by atoms with Gasteiger partial charge in [0.1, 0.15) is 6.73 Å². The molecule has 0 amide bonds. The van der Waals surface area contributed by atoms with Crippen molar-refractivity contribution in [2.24, 2.45) is 0 Å². The van der Waals surface area contributed by atoms with Gasteiger partial charge in [-0.15, -0.1) is 10.2 Å². The normalized spacial score (nSPS) is 16.9. The van der Waals surface area contributed by atoms with E-state index in [1.54, 1.807) is 0 Å². The highest BCUT2D eigenvalue weighted by Gasteiger charge is 2.35. The van der Waals surface area contributed by atoms with Gasteiger partial charge in [0.15, 0.2) is 6.23 Å². The number of benzene rings is 4. The Morgan fingerprint density at radius 2 is 1.38 bits per heavy atom. The fourth-order valence-corrected chi connectivity index (χ4v) is 4.72. The van der Waals surface area contributed by atoms with E-state index in [4.69, 9.17) is 4.74 Å². The quantitative estimate of drug-likeness (QED) is 0.315. The van der Waals surface area contributed by atoms with Crippen LogP contribution in [0.3, 0.4) is 0 Å². The monoisotopic (exact) mass is 449 g/mol. The summed E-state index contributed by atoms with van der Waals surface area (Å²) in [5.41, 5.74) is 12.6. The van der Waals surface area contributed by atoms with Gasteiger partial charge < -0.3 is 20.2 Å². The van der Waals surface area contributed by atoms with Gasteiger partial charge in [-0.1, -0.05) is 60.7 Å². The summed E-state index contributed by atoms with van der Waals surface area (Å²) in [6.45, 7) is 3.52. The lowest BCUT2D eigenvalue weighted by atomic mass is 10.1. The smallest absolute Gasteiger partial charge is 0.172 e. The summed E-state index contributed by atoms with van der Waals surface area (Å²) in [5.74, 6) is 0. The topological polar surface area (TPSA) is 44.7 Å². The molecule has 2 heterocycles. The van der Waals surface area contributed by atoms with Crippen molar-refractivity contribution in [2.75, 3.05) is 17.6 Å². The highest BCUT2D eigenvalue weighted by atomic mass is 16.6. The molecule has 0 aliphatic carbocycles. The first-order valence-corrected chi connectivity index (χ1v) is 11.6. The zero-order valence-electron chi connectivity index (χ0n) is 19.1. The summed E-state index contributed by atoms with van der Waals surface area (Å²) in [4.78, 5) is 0. The minimum absolute atomic E-state index is 0.301. The molecule has 1 fully saturated rings. The predicted octanol–water partition coefficient (Wildman–Crippen LogP) is 6.37. The molecule has 0 saturated carbocycles. The van der Waals surface area contributed by atoms with Crippen LogP contribution < -0.4 is 10.9 Å². The van der Waals surface area contributed by atoms with Crippen LogP contribution in [0.2, 0.25) is 0 Å². The molecule has 1 aliphatic rings. The van der Waals surface area contributed by atoms with E-state index in [0.717, 1.165) is 23.5 Å². The van der Waals surface area contributed by atoms with Gasteiger partial charge in [-0.05, 0) is 55.0 Å². The average Bonchev–Trinajstić information content (AvgIpc) is 3.43. The Hall–Kier alpha value is -3.84. The number of nitrogens with zero attached hydrogens (tertiary/aromatic N) is 3. The van der Waals surface area contributed by atoms with E-state index in [1.165, 1.54) is 21.8 Å². The highest BCUT2D eigenvalue weighted by Crippen LogP contribution is 2.35. The maximum atomic E-state index is 6.32. The van der Waals surface area contributed by atoms with Gasteiger partial charge in [0.25, 0.3) is 0 Å². The zero-order valence-corrected chi connectivity index (χ0v) is 19.1. The van der Waals surface area contributed by atoms with Crippen molar-refractivity contribution in [1.29, 1.82) is 0 Å². The number of hydrogen-bond acceptors (Lipinski definition) is 5. The molecular weight excluding hydrogens is 422 g/mol. The standard InChI is InChI=1S/C28H27N5O/c1-2-31-26-16-10-9-15-24(26)25-19-21(17-18-27(25)31)28-33(30-23-13-7-4-8-14-23)32(20-34-28)29-22-11-5-3-6-12-22/h3-19,28-30H,2,20H2,1H3. The zero-order chi connectivity index (χ0) is 22.9. The summed E-state index contributed by atoms with van der Waals surface area (Å²) in [6.07, 6.45) is -0.301. The second-order valence-electron chi connectivity index (χ2n) is 8.39. The molecule has 1 aliphatic heterocycles. The van der Waals surface area contributed by atoms with Crippen LogP contribution in [-0.4, -0.2) is 21.5 Å². The second kappa shape index (κ2) is 8.83. The SMILES string of the molecule is CCn1c2ccccc2c2cc(C3OCN(Nc4ccccc4)N3Nc3ccccc3)ccc21. The van der Waals surface area contributed by atoms with Crippen LogP contribution in [-0.2, 0) is 11.3 Å². The maximum absolute atomic E-state index is 6.32. The molecule has 6 rings (SSSR count). The first-order chi connectivity index (χ1) is 16.8. The van der Waals surface area contributed by atoms with E-state index in [0.29, 0.717) is 6.73 Å². The highest BCUT2D eigenvalue weighted by molar-refractivity contribution is 6.08. The number of aryl methyl sites for hydroxylation is 1. The van der Waals surface area contributed by atoms with Crippen molar-refractivity contribution in [3.8, 4) is 0 Å². The van der Waals surface area contributed by atoms with Crippen LogP contribution in [0.15, 0.2) is 103 Å². The van der Waals surface area contributed by atoms with Gasteiger partial charge in [-0.3, -0.25) is 0 Å². The molecular formula is C28H27N5O. The molecule has 0 spiro atoms. The lowest BCUT2D eigenvalue weighted by Gasteiger charge is -2.31. The first kappa shape index (κ1) is 20.7. The van der Waals surface area contributed by atoms with Crippen LogP contribution in [0, 0.1) is 0 Å². The molecule has 1 saturated heterocycles. The maximum Gasteiger partial charge on any atom is 0.172 e. The third kappa shape index (κ3) is 3.68. The van der Waals surface area contributed by atoms with Crippen molar-refractivity contribution in [2.45, 2.75) is 19.7 Å². The minimum atomic E-state index is -0.301. The molecule has 1 aromatic heterocycles. The van der Waals surface area contributed by atoms with Gasteiger partial charge in [0.05, 0.1) is 11.4 Å². The summed E-state index contributed by atoms with van der Waals surface area (Å²) in [5, 5.41) is 6.49. The largest absolute Gasteiger partial charge is 0.341 e. The fourth-order valence-electron chi connectivity index (χ4n) is 4.72. The number of para-hydroxylation sites is 3. The molecule has 0 radical (unpaired) electrons. The first-order valence-electron chi connectivity index (χ1n) is 11.6. The van der Waals surface area contributed by atoms with Crippen molar-refractivity contribution in [3.63, 3.8) is 0 Å². The fraction of sp³-hybridized carbons (Fsp3) is 0.143. The van der Waals surface area contributed by atoms with Crippen molar-refractivity contribution in [3.05, 3.63) is 109 Å². The summed E-state index contributed by atoms with van der Waals surface area (Å²) in [6, 6.07) is 35.5. The molecule has 4 aromatic carbocycles. The molecule has 34 heavy (non-hydrogen) atoms. The Kier molecular flexibility index (Phi) is 5.39. The molecule has 170 valence electrons. The number of hydrogen-bond donors (Lipinski definition) is 2. The molecule has 0 bridgehead atoms. The van der Waals surface area contributed by atoms with Gasteiger partial charge in [-0.25, -0.2) is 0 Å². The van der Waals surface area contributed by atoms with Crippen molar-refractivity contribution < 1.29 is 4.74 Å². The Balaban J connectivity index is 1.40. The molecule has 1 unspecified atom stereocenters. The van der Waals surface area contributed by atoms with Crippen molar-refractivity contribution in [1.82, 2.24) is 14.8 Å². The van der Waals surface area contributed by atoms with Crippen LogP contribution in [0.25, 0.3) is 21.8 Å². The van der Waals surface area contributed by atoms with E-state index in [-0.39, 0.29) is 6.23 Å². The second-order valence-corrected chi connectivity index (χ2v) is 8.39. The van der Waals surface area contributed by atoms with Crippen LogP contribution >= 0.6 is 0 Å². The third-order valence-electron chi connectivity index (χ3n) is 6.28. The van der Waals surface area contributed by atoms with Crippen LogP contribution in [0.5, 0.6) is 0 Å². The van der Waals surface area contributed by atoms with Gasteiger partial charge in [-0.2, -0.15) is 0 Å². The number of ether oxygens (including phenoxy) is 1. The van der Waals surface area contributed by atoms with E-state index in [9.17, 15) is 0 Å². The minimum Gasteiger partial charge on any atom is -0.341 e. The molecule has 6 heteroatoms. The van der Waals surface area contributed by atoms with E-state index in [2.05, 4.69) is 64.8 Å². The Morgan fingerprint density at radius 3 is 2.12 bits per heavy atom. The Bertz CT molecular complexity index is 1420. The number of aromatic nitrogens is 1. The average molecular weight is 450 g/mol. The number of rotatable bonds is 6. The molecule has 2 N–H and O–H groups in total. The third-order valence-corrected chi connectivity index (χ3v) is 6.28. The summed E-state index contributed by atoms with van der Waals surface area (Å²) in [7, 11) is 0. The predicted molar refractivity (Wildman–Crippen MR) is 138 cm³/mol. The number of fused-ring (bicyclic) bond motifs is 3. The molecule has 5 aromatic rings. The van der Waals surface area contributed by atoms with E-state index >= 15 is 0 Å². The Labute approximate surface area is 198 Å². The summed E-state index contributed by atoms with van der Waals surface area (Å²) >= 11 is 0. The molecule has 1 atom stereocenters. The van der Waals surface area contributed by atoms with Crippen LogP contribution in [0.1, 0.15) is 18.7 Å². The number of nitrogens with one attached hydrogen (secondary N) is 2. The van der Waals surface area contributed by atoms with E-state index in [1.807, 2.05) is 70.9 Å². The molecule has 6 nitrogen and oxygen atoms in total. The van der Waals surface area contributed by atoms with Crippen LogP contribution in [0.4, 0.5) is 11.4 Å². The van der Waals surface area contributed by atoms with Gasteiger partial charge in [0.2, 0.25) is 0 Å².